The second kappa shape index (κ2) is 11.5. The topological polar surface area (TPSA) is 123 Å². The van der Waals surface area contributed by atoms with E-state index in [-0.39, 0.29) is 22.5 Å². The third-order valence-electron chi connectivity index (χ3n) is 5.30. The molecule has 0 saturated heterocycles. The maximum atomic E-state index is 11.7. The molecular weight excluding hydrogens is 468 g/mol. The number of benzene rings is 3. The van der Waals surface area contributed by atoms with Crippen molar-refractivity contribution in [1.29, 1.82) is 0 Å². The van der Waals surface area contributed by atoms with Crippen molar-refractivity contribution in [2.45, 2.75) is 0 Å². The first kappa shape index (κ1) is 25.8. The number of nitro groups is 2. The molecule has 0 aromatic heterocycles. The van der Waals surface area contributed by atoms with Gasteiger partial charge in [0.25, 0.3) is 11.4 Å². The van der Waals surface area contributed by atoms with E-state index >= 15 is 0 Å². The summed E-state index contributed by atoms with van der Waals surface area (Å²) in [7, 11) is 6.04. The molecule has 0 aliphatic heterocycles. The summed E-state index contributed by atoms with van der Waals surface area (Å²) in [6.07, 6.45) is 6.35. The van der Waals surface area contributed by atoms with Gasteiger partial charge in [0, 0.05) is 0 Å². The van der Waals surface area contributed by atoms with E-state index < -0.39 is 9.85 Å². The summed E-state index contributed by atoms with van der Waals surface area (Å²) < 4.78 is 21.0. The Balaban J connectivity index is 2.06. The fourth-order valence-corrected chi connectivity index (χ4v) is 3.48. The largest absolute Gasteiger partial charge is 0.493 e. The van der Waals surface area contributed by atoms with Gasteiger partial charge < -0.3 is 18.9 Å². The van der Waals surface area contributed by atoms with Gasteiger partial charge in [-0.25, -0.2) is 0 Å². The molecule has 0 radical (unpaired) electrons. The van der Waals surface area contributed by atoms with Gasteiger partial charge in [-0.2, -0.15) is 0 Å². The molecule has 0 bridgehead atoms. The molecule has 0 unspecified atom stereocenters. The molecule has 0 heterocycles. The van der Waals surface area contributed by atoms with E-state index in [0.717, 1.165) is 6.07 Å². The summed E-state index contributed by atoms with van der Waals surface area (Å²) in [4.78, 5) is 22.1. The molecule has 0 N–H and O–H groups in total. The van der Waals surface area contributed by atoms with Gasteiger partial charge in [0.15, 0.2) is 23.0 Å². The summed E-state index contributed by atoms with van der Waals surface area (Å²) >= 11 is 0. The molecule has 3 aromatic carbocycles. The van der Waals surface area contributed by atoms with Crippen LogP contribution in [0.5, 0.6) is 23.0 Å². The number of hydrogen-bond acceptors (Lipinski definition) is 8. The molecule has 0 aliphatic rings. The van der Waals surface area contributed by atoms with Gasteiger partial charge in [-0.3, -0.25) is 20.2 Å². The van der Waals surface area contributed by atoms with Crippen LogP contribution in [0.25, 0.3) is 24.3 Å². The fourth-order valence-electron chi connectivity index (χ4n) is 3.48. The fraction of sp³-hybridized carbons (Fsp3) is 0.154. The van der Waals surface area contributed by atoms with Crippen LogP contribution in [0.4, 0.5) is 11.4 Å². The van der Waals surface area contributed by atoms with Gasteiger partial charge in [0.2, 0.25) is 0 Å². The Bertz CT molecular complexity index is 1250. The maximum Gasteiger partial charge on any atom is 0.283 e. The molecule has 10 nitrogen and oxygen atoms in total. The minimum atomic E-state index is -0.650. The first-order valence-corrected chi connectivity index (χ1v) is 10.6. The van der Waals surface area contributed by atoms with Crippen LogP contribution < -0.4 is 18.9 Å². The van der Waals surface area contributed by atoms with Gasteiger partial charge in [-0.05, 0) is 53.6 Å². The van der Waals surface area contributed by atoms with Crippen molar-refractivity contribution >= 4 is 35.7 Å². The zero-order valence-electron chi connectivity index (χ0n) is 20.1. The summed E-state index contributed by atoms with van der Waals surface area (Å²) in [5, 5.41) is 23.4. The highest BCUT2D eigenvalue weighted by molar-refractivity contribution is 5.82. The molecule has 36 heavy (non-hydrogen) atoms. The van der Waals surface area contributed by atoms with Crippen LogP contribution in [0.2, 0.25) is 0 Å². The van der Waals surface area contributed by atoms with E-state index in [4.69, 9.17) is 18.9 Å². The number of ether oxygens (including phenoxy) is 4. The summed E-state index contributed by atoms with van der Waals surface area (Å²) in [6, 6.07) is 12.7. The zero-order chi connectivity index (χ0) is 26.2. The summed E-state index contributed by atoms with van der Waals surface area (Å²) in [5.41, 5.74) is 1.02. The van der Waals surface area contributed by atoms with Crippen LogP contribution in [0.15, 0.2) is 48.5 Å². The van der Waals surface area contributed by atoms with E-state index in [2.05, 4.69) is 0 Å². The smallest absolute Gasteiger partial charge is 0.283 e. The van der Waals surface area contributed by atoms with Crippen molar-refractivity contribution in [2.24, 2.45) is 0 Å². The molecule has 0 fully saturated rings. The predicted octanol–water partition coefficient (Wildman–Crippen LogP) is 5.88. The van der Waals surface area contributed by atoms with Crippen molar-refractivity contribution in [3.63, 3.8) is 0 Å². The molecule has 3 rings (SSSR count). The first-order valence-electron chi connectivity index (χ1n) is 10.6. The highest BCUT2D eigenvalue weighted by Crippen LogP contribution is 2.34. The average molecular weight is 492 g/mol. The van der Waals surface area contributed by atoms with Crippen LogP contribution in [-0.2, 0) is 0 Å². The molecule has 186 valence electrons. The number of nitrogens with zero attached hydrogens (tertiary/aromatic N) is 2. The standard InChI is InChI=1S/C26H24N2O8/c1-33-23-11-7-17(13-25(23)35-3)5-9-19-15-20(22(28(31)32)16-21(19)27(29)30)10-6-18-8-12-24(34-2)26(14-18)36-4/h5-16H,1-4H3/b9-5-,10-6+. The lowest BCUT2D eigenvalue weighted by atomic mass is 10.0. The van der Waals surface area contributed by atoms with Crippen LogP contribution >= 0.6 is 0 Å². The molecule has 0 spiro atoms. The Morgan fingerprint density at radius 2 is 0.944 bits per heavy atom. The van der Waals surface area contributed by atoms with E-state index in [1.165, 1.54) is 46.7 Å². The van der Waals surface area contributed by atoms with E-state index in [9.17, 15) is 20.2 Å². The van der Waals surface area contributed by atoms with Crippen LogP contribution in [0.3, 0.4) is 0 Å². The van der Waals surface area contributed by atoms with Crippen molar-refractivity contribution in [1.82, 2.24) is 0 Å². The number of nitro benzene ring substituents is 2. The molecular formula is C26H24N2O8. The predicted molar refractivity (Wildman–Crippen MR) is 137 cm³/mol. The Morgan fingerprint density at radius 3 is 1.28 bits per heavy atom. The quantitative estimate of drug-likeness (QED) is 0.195. The maximum absolute atomic E-state index is 11.7. The summed E-state index contributed by atoms with van der Waals surface area (Å²) in [5.74, 6) is 2.07. The van der Waals surface area contributed by atoms with Crippen LogP contribution in [-0.4, -0.2) is 38.3 Å². The van der Waals surface area contributed by atoms with Crippen LogP contribution in [0.1, 0.15) is 22.3 Å². The number of rotatable bonds is 10. The van der Waals surface area contributed by atoms with Gasteiger partial charge in [-0.1, -0.05) is 24.3 Å². The molecule has 0 amide bonds. The Kier molecular flexibility index (Phi) is 8.24. The van der Waals surface area contributed by atoms with Gasteiger partial charge in [-0.15, -0.1) is 0 Å². The third-order valence-corrected chi connectivity index (χ3v) is 5.30. The second-order valence-corrected chi connectivity index (χ2v) is 7.38. The lowest BCUT2D eigenvalue weighted by Gasteiger charge is -2.08. The van der Waals surface area contributed by atoms with E-state index in [1.807, 2.05) is 0 Å². The molecule has 0 aliphatic carbocycles. The normalized spacial score (nSPS) is 11.0. The number of methoxy groups -OCH3 is 4. The third kappa shape index (κ3) is 5.79. The summed E-state index contributed by atoms with van der Waals surface area (Å²) in [6.45, 7) is 0. The molecule has 3 aromatic rings. The zero-order valence-corrected chi connectivity index (χ0v) is 20.1. The SMILES string of the molecule is COc1ccc(/C=C\c2cc(/C=C/c3ccc(OC)c(OC)c3)c([N+](=O)[O-])cc2[N+](=O)[O-])cc1OC. The first-order chi connectivity index (χ1) is 17.3. The molecule has 0 saturated carbocycles. The van der Waals surface area contributed by atoms with E-state index in [1.54, 1.807) is 48.6 Å². The monoisotopic (exact) mass is 492 g/mol. The second-order valence-electron chi connectivity index (χ2n) is 7.38. The lowest BCUT2D eigenvalue weighted by Crippen LogP contribution is -1.98. The lowest BCUT2D eigenvalue weighted by molar-refractivity contribution is -0.394. The van der Waals surface area contributed by atoms with E-state index in [0.29, 0.717) is 34.1 Å². The van der Waals surface area contributed by atoms with Crippen molar-refractivity contribution < 1.29 is 28.8 Å². The Labute approximate surface area is 207 Å². The van der Waals surface area contributed by atoms with Gasteiger partial charge in [0.1, 0.15) is 0 Å². The van der Waals surface area contributed by atoms with Crippen LogP contribution in [0, 0.1) is 20.2 Å². The molecule has 10 heteroatoms. The highest BCUT2D eigenvalue weighted by atomic mass is 16.6. The van der Waals surface area contributed by atoms with Gasteiger partial charge >= 0.3 is 0 Å². The average Bonchev–Trinajstić information content (AvgIpc) is 2.89. The highest BCUT2D eigenvalue weighted by Gasteiger charge is 2.22. The number of hydrogen-bond donors (Lipinski definition) is 0. The van der Waals surface area contributed by atoms with Gasteiger partial charge in [0.05, 0.1) is 55.5 Å². The van der Waals surface area contributed by atoms with Crippen molar-refractivity contribution in [3.8, 4) is 23.0 Å². The Hall–Kier alpha value is -4.86. The minimum absolute atomic E-state index is 0.201. The van der Waals surface area contributed by atoms with Crippen molar-refractivity contribution in [3.05, 3.63) is 91.0 Å². The van der Waals surface area contributed by atoms with Crippen molar-refractivity contribution in [2.75, 3.05) is 28.4 Å². The Morgan fingerprint density at radius 1 is 0.556 bits per heavy atom. The molecule has 0 atom stereocenters. The minimum Gasteiger partial charge on any atom is -0.493 e.